The quantitative estimate of drug-likeness (QED) is 0.194. The fourth-order valence-corrected chi connectivity index (χ4v) is 7.24. The lowest BCUT2D eigenvalue weighted by Crippen LogP contribution is -2.00. The molecule has 6 nitrogen and oxygen atoms in total. The van der Waals surface area contributed by atoms with Crippen molar-refractivity contribution in [1.29, 1.82) is 0 Å². The van der Waals surface area contributed by atoms with E-state index < -0.39 is 0 Å². The molecule has 0 radical (unpaired) electrons. The molecule has 0 aliphatic carbocycles. The SMILES string of the molecule is c1ccc(-c2nc(-c3ccc4c(c3)oc3ccccc34)nc(-c3ccc4c(c3)oc3cc5sc(-c6ccccc6)nc5cc34)n2)cc1. The number of fused-ring (bicyclic) bond motifs is 7. The van der Waals surface area contributed by atoms with Crippen molar-refractivity contribution in [3.63, 3.8) is 0 Å². The average Bonchev–Trinajstić information content (AvgIpc) is 3.83. The number of hydrogen-bond acceptors (Lipinski definition) is 7. The minimum Gasteiger partial charge on any atom is -0.456 e. The monoisotopic (exact) mass is 622 g/mol. The summed E-state index contributed by atoms with van der Waals surface area (Å²) in [6.45, 7) is 0. The van der Waals surface area contributed by atoms with Gasteiger partial charge in [-0.15, -0.1) is 11.3 Å². The highest BCUT2D eigenvalue weighted by molar-refractivity contribution is 7.21. The van der Waals surface area contributed by atoms with E-state index in [0.717, 1.165) is 81.4 Å². The molecule has 6 aromatic carbocycles. The molecule has 4 aromatic heterocycles. The summed E-state index contributed by atoms with van der Waals surface area (Å²) in [6.07, 6.45) is 0. The van der Waals surface area contributed by atoms with E-state index in [-0.39, 0.29) is 0 Å². The predicted octanol–water partition coefficient (Wildman–Crippen LogP) is 10.9. The number of aromatic nitrogens is 4. The zero-order valence-corrected chi connectivity index (χ0v) is 25.5. The smallest absolute Gasteiger partial charge is 0.164 e. The number of rotatable bonds is 4. The number of nitrogens with zero attached hydrogens (tertiary/aromatic N) is 4. The van der Waals surface area contributed by atoms with Gasteiger partial charge in [-0.25, -0.2) is 19.9 Å². The maximum absolute atomic E-state index is 6.44. The molecule has 0 aliphatic rings. The van der Waals surface area contributed by atoms with Crippen LogP contribution in [0.3, 0.4) is 0 Å². The van der Waals surface area contributed by atoms with Crippen LogP contribution in [0.25, 0.3) is 98.8 Å². The molecule has 0 aliphatic heterocycles. The summed E-state index contributed by atoms with van der Waals surface area (Å²) >= 11 is 1.67. The van der Waals surface area contributed by atoms with E-state index in [2.05, 4.69) is 42.5 Å². The van der Waals surface area contributed by atoms with E-state index in [1.807, 2.05) is 91.0 Å². The number of para-hydroxylation sites is 1. The van der Waals surface area contributed by atoms with Crippen molar-refractivity contribution in [3.05, 3.63) is 133 Å². The van der Waals surface area contributed by atoms with Gasteiger partial charge in [0.25, 0.3) is 0 Å². The van der Waals surface area contributed by atoms with E-state index in [4.69, 9.17) is 28.8 Å². The first kappa shape index (κ1) is 26.1. The van der Waals surface area contributed by atoms with E-state index in [9.17, 15) is 0 Å². The van der Waals surface area contributed by atoms with Gasteiger partial charge in [0.2, 0.25) is 0 Å². The number of hydrogen-bond donors (Lipinski definition) is 0. The Bertz CT molecular complexity index is 2800. The molecule has 0 spiro atoms. The van der Waals surface area contributed by atoms with Crippen molar-refractivity contribution >= 4 is 65.4 Å². The number of thiazole rings is 1. The van der Waals surface area contributed by atoms with Gasteiger partial charge in [0.15, 0.2) is 17.5 Å². The highest BCUT2D eigenvalue weighted by Crippen LogP contribution is 2.38. The third-order valence-electron chi connectivity index (χ3n) is 8.56. The van der Waals surface area contributed by atoms with E-state index in [1.54, 1.807) is 11.3 Å². The molecule has 220 valence electrons. The molecule has 7 heteroatoms. The maximum atomic E-state index is 6.44. The Morgan fingerprint density at radius 2 is 0.915 bits per heavy atom. The van der Waals surface area contributed by atoms with E-state index in [1.165, 1.54) is 0 Å². The van der Waals surface area contributed by atoms with Gasteiger partial charge in [-0.2, -0.15) is 0 Å². The van der Waals surface area contributed by atoms with Crippen molar-refractivity contribution in [3.8, 4) is 44.7 Å². The second kappa shape index (κ2) is 10.2. The van der Waals surface area contributed by atoms with Crippen LogP contribution in [0.1, 0.15) is 0 Å². The Labute approximate surface area is 271 Å². The normalized spacial score (nSPS) is 11.8. The fraction of sp³-hybridized carbons (Fsp3) is 0. The molecule has 0 unspecified atom stereocenters. The zero-order chi connectivity index (χ0) is 30.9. The van der Waals surface area contributed by atoms with Gasteiger partial charge in [-0.3, -0.25) is 0 Å². The van der Waals surface area contributed by atoms with Crippen LogP contribution < -0.4 is 0 Å². The van der Waals surface area contributed by atoms with Gasteiger partial charge in [0.05, 0.1) is 10.2 Å². The fourth-order valence-electron chi connectivity index (χ4n) is 6.26. The molecule has 0 atom stereocenters. The summed E-state index contributed by atoms with van der Waals surface area (Å²) in [5.41, 5.74) is 7.92. The Kier molecular flexibility index (Phi) is 5.64. The Balaban J connectivity index is 1.10. The Hall–Kier alpha value is -6.18. The van der Waals surface area contributed by atoms with Crippen molar-refractivity contribution in [2.24, 2.45) is 0 Å². The molecular weight excluding hydrogens is 601 g/mol. The lowest BCUT2D eigenvalue weighted by atomic mass is 10.1. The summed E-state index contributed by atoms with van der Waals surface area (Å²) in [6, 6.07) is 44.8. The van der Waals surface area contributed by atoms with Crippen LogP contribution in [0.4, 0.5) is 0 Å². The predicted molar refractivity (Wildman–Crippen MR) is 189 cm³/mol. The molecule has 10 rings (SSSR count). The summed E-state index contributed by atoms with van der Waals surface area (Å²) in [5, 5.41) is 5.20. The van der Waals surface area contributed by atoms with Crippen molar-refractivity contribution in [2.75, 3.05) is 0 Å². The minimum atomic E-state index is 0.566. The topological polar surface area (TPSA) is 77.8 Å². The highest BCUT2D eigenvalue weighted by atomic mass is 32.1. The van der Waals surface area contributed by atoms with Crippen LogP contribution in [0, 0.1) is 0 Å². The van der Waals surface area contributed by atoms with Gasteiger partial charge in [0, 0.05) is 49.9 Å². The van der Waals surface area contributed by atoms with Gasteiger partial charge in [0.1, 0.15) is 27.3 Å². The Morgan fingerprint density at radius 3 is 1.62 bits per heavy atom. The van der Waals surface area contributed by atoms with Crippen LogP contribution in [0.15, 0.2) is 142 Å². The molecule has 47 heavy (non-hydrogen) atoms. The van der Waals surface area contributed by atoms with Crippen LogP contribution in [0.2, 0.25) is 0 Å². The van der Waals surface area contributed by atoms with Crippen molar-refractivity contribution < 1.29 is 8.83 Å². The first-order chi connectivity index (χ1) is 23.2. The summed E-state index contributed by atoms with van der Waals surface area (Å²) in [7, 11) is 0. The minimum absolute atomic E-state index is 0.566. The number of benzene rings is 6. The third kappa shape index (κ3) is 4.32. The van der Waals surface area contributed by atoms with Gasteiger partial charge in [-0.05, 0) is 36.4 Å². The summed E-state index contributed by atoms with van der Waals surface area (Å²) in [4.78, 5) is 19.8. The van der Waals surface area contributed by atoms with Crippen LogP contribution >= 0.6 is 11.3 Å². The molecule has 0 N–H and O–H groups in total. The Morgan fingerprint density at radius 1 is 0.383 bits per heavy atom. The van der Waals surface area contributed by atoms with Crippen LogP contribution in [-0.4, -0.2) is 19.9 Å². The van der Waals surface area contributed by atoms with Gasteiger partial charge in [-0.1, -0.05) is 91.0 Å². The van der Waals surface area contributed by atoms with Crippen molar-refractivity contribution in [2.45, 2.75) is 0 Å². The molecule has 10 aromatic rings. The third-order valence-corrected chi connectivity index (χ3v) is 9.63. The van der Waals surface area contributed by atoms with E-state index in [0.29, 0.717) is 17.5 Å². The average molecular weight is 623 g/mol. The number of furan rings is 2. The second-order valence-corrected chi connectivity index (χ2v) is 12.5. The summed E-state index contributed by atoms with van der Waals surface area (Å²) < 4.78 is 13.7. The lowest BCUT2D eigenvalue weighted by Gasteiger charge is -2.08. The molecular formula is C40H22N4O2S. The highest BCUT2D eigenvalue weighted by Gasteiger charge is 2.17. The lowest BCUT2D eigenvalue weighted by molar-refractivity contribution is 0.669. The van der Waals surface area contributed by atoms with E-state index >= 15 is 0 Å². The largest absolute Gasteiger partial charge is 0.456 e. The molecule has 0 saturated carbocycles. The second-order valence-electron chi connectivity index (χ2n) is 11.5. The van der Waals surface area contributed by atoms with Crippen molar-refractivity contribution in [1.82, 2.24) is 19.9 Å². The summed E-state index contributed by atoms with van der Waals surface area (Å²) in [5.74, 6) is 1.73. The molecule has 0 fully saturated rings. The molecule has 0 saturated heterocycles. The zero-order valence-electron chi connectivity index (χ0n) is 24.7. The maximum Gasteiger partial charge on any atom is 0.164 e. The first-order valence-electron chi connectivity index (χ1n) is 15.3. The van der Waals surface area contributed by atoms with Crippen LogP contribution in [0.5, 0.6) is 0 Å². The first-order valence-corrected chi connectivity index (χ1v) is 16.1. The molecule has 4 heterocycles. The standard InChI is InChI=1S/C40H22N4O2S/c1-3-9-23(10-4-1)37-42-38(25-15-17-28-27-13-7-8-14-32(27)45-33(28)19-25)44-39(43-37)26-16-18-29-30-21-31-36(22-35(30)46-34(29)20-26)47-40(41-31)24-11-5-2-6-12-24/h1-22H. The molecule has 0 amide bonds. The van der Waals surface area contributed by atoms with Crippen LogP contribution in [-0.2, 0) is 0 Å². The van der Waals surface area contributed by atoms with Gasteiger partial charge < -0.3 is 8.83 Å². The molecule has 0 bridgehead atoms. The van der Waals surface area contributed by atoms with Gasteiger partial charge >= 0.3 is 0 Å².